The van der Waals surface area contributed by atoms with E-state index in [9.17, 15) is 0 Å². The van der Waals surface area contributed by atoms with Crippen molar-refractivity contribution in [3.05, 3.63) is 170 Å². The summed E-state index contributed by atoms with van der Waals surface area (Å²) in [5.74, 6) is 0. The van der Waals surface area contributed by atoms with Crippen LogP contribution in [0.15, 0.2) is 164 Å². The lowest BCUT2D eigenvalue weighted by atomic mass is 9.73. The van der Waals surface area contributed by atoms with Crippen LogP contribution in [-0.2, 0) is 5.41 Å². The van der Waals surface area contributed by atoms with Crippen molar-refractivity contribution in [2.75, 3.05) is 11.4 Å². The molecular formula is C42H38N4. The molecule has 4 nitrogen and oxygen atoms in total. The number of para-hydroxylation sites is 3. The molecule has 0 aliphatic carbocycles. The first-order valence-electron chi connectivity index (χ1n) is 15.8. The molecule has 0 N–H and O–H groups in total. The molecule has 1 aliphatic heterocycles. The number of hydrogen-bond acceptors (Lipinski definition) is 2. The number of benzene rings is 4. The highest BCUT2D eigenvalue weighted by Gasteiger charge is 2.35. The van der Waals surface area contributed by atoms with Crippen molar-refractivity contribution in [1.29, 1.82) is 0 Å². The van der Waals surface area contributed by atoms with E-state index in [0.29, 0.717) is 0 Å². The standard InChI is InChI=1S/C42H38N4/c1-6-8-10-17-31-28-44(40-23-16-14-21-37(40)42(31,4)5)30(3)24-25-32(7-2)46-39-22-15-13-20-34(39)35-26-27-38-36(41(35)46)29-45(43-38)33-18-11-9-12-19-33/h6-27,29H,1,3,28H2,2,4-5H3/b10-8-,25-24-,31-17+,32-7+. The Morgan fingerprint density at radius 1 is 0.826 bits per heavy atom. The molecule has 0 saturated carbocycles. The Balaban J connectivity index is 1.33. The van der Waals surface area contributed by atoms with Gasteiger partial charge in [-0.15, -0.1) is 0 Å². The summed E-state index contributed by atoms with van der Waals surface area (Å²) in [7, 11) is 0. The fourth-order valence-electron chi connectivity index (χ4n) is 6.74. The number of nitrogens with zero attached hydrogens (tertiary/aromatic N) is 4. The van der Waals surface area contributed by atoms with Crippen molar-refractivity contribution in [2.45, 2.75) is 26.2 Å². The Bertz CT molecular complexity index is 2250. The third kappa shape index (κ3) is 4.83. The summed E-state index contributed by atoms with van der Waals surface area (Å²) >= 11 is 0. The highest BCUT2D eigenvalue weighted by Crippen LogP contribution is 2.44. The van der Waals surface area contributed by atoms with Crippen LogP contribution >= 0.6 is 0 Å². The molecule has 4 aromatic carbocycles. The maximum absolute atomic E-state index is 4.96. The van der Waals surface area contributed by atoms with Crippen molar-refractivity contribution in [3.63, 3.8) is 0 Å². The van der Waals surface area contributed by atoms with E-state index in [2.05, 4.69) is 153 Å². The first-order chi connectivity index (χ1) is 22.4. The molecule has 0 atom stereocenters. The molecule has 0 unspecified atom stereocenters. The number of aromatic nitrogens is 3. The molecule has 4 heteroatoms. The van der Waals surface area contributed by atoms with Crippen molar-refractivity contribution >= 4 is 44.1 Å². The summed E-state index contributed by atoms with van der Waals surface area (Å²) in [5.41, 5.74) is 10.0. The Morgan fingerprint density at radius 2 is 1.59 bits per heavy atom. The average Bonchev–Trinajstić information content (AvgIpc) is 3.67. The SMILES string of the molecule is C=C/C=C\C=C1/CN(C(=C)/C=C\C(=C/C)n2c3ccccc3c3ccc4nn(-c5ccccc5)cc4c32)c2ccccc2C1(C)C. The first-order valence-corrected chi connectivity index (χ1v) is 15.8. The van der Waals surface area contributed by atoms with Gasteiger partial charge in [-0.05, 0) is 66.6 Å². The molecule has 0 fully saturated rings. The molecular weight excluding hydrogens is 560 g/mol. The third-order valence-electron chi connectivity index (χ3n) is 9.23. The van der Waals surface area contributed by atoms with E-state index in [0.717, 1.165) is 45.6 Å². The van der Waals surface area contributed by atoms with Gasteiger partial charge < -0.3 is 9.47 Å². The molecule has 0 saturated heterocycles. The second kappa shape index (κ2) is 11.7. The van der Waals surface area contributed by atoms with Crippen LogP contribution in [0.4, 0.5) is 5.69 Å². The quantitative estimate of drug-likeness (QED) is 0.171. The lowest BCUT2D eigenvalue weighted by molar-refractivity contribution is 0.585. The van der Waals surface area contributed by atoms with Gasteiger partial charge in [0.15, 0.2) is 0 Å². The maximum Gasteiger partial charge on any atom is 0.0949 e. The maximum atomic E-state index is 4.96. The molecule has 1 aliphatic rings. The van der Waals surface area contributed by atoms with E-state index in [4.69, 9.17) is 5.10 Å². The summed E-state index contributed by atoms with van der Waals surface area (Å²) in [6.07, 6.45) is 16.8. The van der Waals surface area contributed by atoms with Gasteiger partial charge in [-0.3, -0.25) is 0 Å². The molecule has 46 heavy (non-hydrogen) atoms. The first kappa shape index (κ1) is 29.1. The van der Waals surface area contributed by atoms with E-state index in [1.165, 1.54) is 27.6 Å². The number of rotatable bonds is 7. The predicted molar refractivity (Wildman–Crippen MR) is 197 cm³/mol. The fraction of sp³-hybridized carbons (Fsp3) is 0.119. The van der Waals surface area contributed by atoms with Crippen LogP contribution < -0.4 is 4.90 Å². The van der Waals surface area contributed by atoms with Crippen LogP contribution in [0.5, 0.6) is 0 Å². The molecule has 7 rings (SSSR count). The fourth-order valence-corrected chi connectivity index (χ4v) is 6.74. The number of hydrogen-bond donors (Lipinski definition) is 0. The Morgan fingerprint density at radius 3 is 2.39 bits per heavy atom. The van der Waals surface area contributed by atoms with Gasteiger partial charge in [0.05, 0.1) is 22.2 Å². The van der Waals surface area contributed by atoms with Crippen molar-refractivity contribution in [2.24, 2.45) is 0 Å². The van der Waals surface area contributed by atoms with Gasteiger partial charge in [0.25, 0.3) is 0 Å². The molecule has 226 valence electrons. The van der Waals surface area contributed by atoms with Crippen molar-refractivity contribution in [1.82, 2.24) is 14.3 Å². The second-order valence-corrected chi connectivity index (χ2v) is 12.2. The summed E-state index contributed by atoms with van der Waals surface area (Å²) < 4.78 is 4.34. The van der Waals surface area contributed by atoms with E-state index < -0.39 is 0 Å². The summed E-state index contributed by atoms with van der Waals surface area (Å²) in [6.45, 7) is 15.9. The molecule has 6 aromatic rings. The Kier molecular flexibility index (Phi) is 7.42. The van der Waals surface area contributed by atoms with Crippen LogP contribution in [-0.4, -0.2) is 20.9 Å². The minimum atomic E-state index is -0.102. The van der Waals surface area contributed by atoms with Crippen LogP contribution in [0.1, 0.15) is 26.3 Å². The van der Waals surface area contributed by atoms with E-state index in [1.54, 1.807) is 0 Å². The van der Waals surface area contributed by atoms with Gasteiger partial charge in [0, 0.05) is 51.4 Å². The zero-order valence-electron chi connectivity index (χ0n) is 26.7. The average molecular weight is 599 g/mol. The van der Waals surface area contributed by atoms with Crippen LogP contribution in [0, 0.1) is 0 Å². The minimum Gasteiger partial charge on any atom is -0.338 e. The largest absolute Gasteiger partial charge is 0.338 e. The summed E-state index contributed by atoms with van der Waals surface area (Å²) in [4.78, 5) is 2.33. The monoisotopic (exact) mass is 598 g/mol. The Labute approximate surface area is 270 Å². The molecule has 0 spiro atoms. The Hall–Kier alpha value is -5.61. The highest BCUT2D eigenvalue weighted by molar-refractivity contribution is 6.18. The van der Waals surface area contributed by atoms with Crippen LogP contribution in [0.3, 0.4) is 0 Å². The van der Waals surface area contributed by atoms with E-state index in [1.807, 2.05) is 35.0 Å². The van der Waals surface area contributed by atoms with Gasteiger partial charge in [-0.1, -0.05) is 112 Å². The number of anilines is 1. The summed E-state index contributed by atoms with van der Waals surface area (Å²) in [5, 5.41) is 8.49. The molecule has 3 heterocycles. The predicted octanol–water partition coefficient (Wildman–Crippen LogP) is 10.5. The van der Waals surface area contributed by atoms with Gasteiger partial charge >= 0.3 is 0 Å². The third-order valence-corrected chi connectivity index (χ3v) is 9.23. The lowest BCUT2D eigenvalue weighted by Gasteiger charge is -2.42. The summed E-state index contributed by atoms with van der Waals surface area (Å²) in [6, 6.07) is 31.9. The van der Waals surface area contributed by atoms with Crippen LogP contribution in [0.25, 0.3) is 44.1 Å². The molecule has 0 radical (unpaired) electrons. The zero-order valence-corrected chi connectivity index (χ0v) is 26.7. The van der Waals surface area contributed by atoms with E-state index >= 15 is 0 Å². The minimum absolute atomic E-state index is 0.102. The number of allylic oxidation sites excluding steroid dienone is 8. The normalized spacial score (nSPS) is 15.9. The van der Waals surface area contributed by atoms with Crippen LogP contribution in [0.2, 0.25) is 0 Å². The second-order valence-electron chi connectivity index (χ2n) is 12.2. The highest BCUT2D eigenvalue weighted by atomic mass is 15.3. The topological polar surface area (TPSA) is 26.0 Å². The molecule has 2 aromatic heterocycles. The molecule has 0 bridgehead atoms. The van der Waals surface area contributed by atoms with Gasteiger partial charge in [-0.2, -0.15) is 5.10 Å². The van der Waals surface area contributed by atoms with Gasteiger partial charge in [-0.25, -0.2) is 4.68 Å². The van der Waals surface area contributed by atoms with Gasteiger partial charge in [0.1, 0.15) is 0 Å². The van der Waals surface area contributed by atoms with Crippen molar-refractivity contribution < 1.29 is 0 Å². The van der Waals surface area contributed by atoms with Gasteiger partial charge in [0.2, 0.25) is 0 Å². The van der Waals surface area contributed by atoms with E-state index in [-0.39, 0.29) is 5.41 Å². The zero-order chi connectivity index (χ0) is 31.8. The van der Waals surface area contributed by atoms with Crippen molar-refractivity contribution in [3.8, 4) is 5.69 Å². The molecule has 0 amide bonds. The smallest absolute Gasteiger partial charge is 0.0949 e. The lowest BCUT2D eigenvalue weighted by Crippen LogP contribution is -2.38. The number of fused-ring (bicyclic) bond motifs is 6.